The van der Waals surface area contributed by atoms with Crippen molar-refractivity contribution in [1.29, 1.82) is 0 Å². The topological polar surface area (TPSA) is 118 Å². The number of pyridine rings is 1. The fraction of sp³-hybridized carbons (Fsp3) is 0.444. The lowest BCUT2D eigenvalue weighted by Crippen LogP contribution is -2.19. The molecule has 0 aromatic carbocycles. The molecule has 1 unspecified atom stereocenters. The van der Waals surface area contributed by atoms with Crippen LogP contribution in [0.15, 0.2) is 26.1 Å². The average Bonchev–Trinajstić information content (AvgIpc) is 3.21. The maximum atomic E-state index is 12.8. The van der Waals surface area contributed by atoms with Crippen LogP contribution in [0.5, 0.6) is 0 Å². The van der Waals surface area contributed by atoms with Gasteiger partial charge >= 0.3 is 12.2 Å². The van der Waals surface area contributed by atoms with Gasteiger partial charge in [-0.1, -0.05) is 0 Å². The van der Waals surface area contributed by atoms with Gasteiger partial charge < -0.3 is 10.4 Å². The second-order valence-electron chi connectivity index (χ2n) is 7.54. The SMILES string of the molecule is CC(C)(O)c1csc(S(N)(=O)=NC(=O)Nc2cc(CC(F)(F)F)nc3c2CCC3)c1. The van der Waals surface area contributed by atoms with Crippen LogP contribution in [0.1, 0.15) is 42.8 Å². The predicted molar refractivity (Wildman–Crippen MR) is 108 cm³/mol. The number of fused-ring (bicyclic) bond motifs is 1. The Balaban J connectivity index is 1.88. The number of aromatic nitrogens is 1. The first kappa shape index (κ1) is 22.7. The van der Waals surface area contributed by atoms with Gasteiger partial charge in [-0.05, 0) is 61.7 Å². The maximum absolute atomic E-state index is 12.8. The Morgan fingerprint density at radius 1 is 1.37 bits per heavy atom. The van der Waals surface area contributed by atoms with Gasteiger partial charge in [-0.2, -0.15) is 13.2 Å². The zero-order chi connectivity index (χ0) is 22.3. The van der Waals surface area contributed by atoms with E-state index in [1.165, 1.54) is 12.1 Å². The van der Waals surface area contributed by atoms with Crippen molar-refractivity contribution in [2.24, 2.45) is 9.50 Å². The minimum Gasteiger partial charge on any atom is -0.386 e. The Labute approximate surface area is 175 Å². The molecule has 0 saturated heterocycles. The van der Waals surface area contributed by atoms with Gasteiger partial charge in [0, 0.05) is 11.4 Å². The van der Waals surface area contributed by atoms with Crippen molar-refractivity contribution in [2.45, 2.75) is 55.5 Å². The lowest BCUT2D eigenvalue weighted by molar-refractivity contribution is -0.127. The van der Waals surface area contributed by atoms with Crippen molar-refractivity contribution < 1.29 is 27.3 Å². The molecule has 2 aromatic heterocycles. The molecule has 1 atom stereocenters. The van der Waals surface area contributed by atoms with Crippen LogP contribution in [0.2, 0.25) is 0 Å². The summed E-state index contributed by atoms with van der Waals surface area (Å²) in [6, 6.07) is 1.55. The number of thiophene rings is 1. The Morgan fingerprint density at radius 2 is 2.07 bits per heavy atom. The molecule has 0 saturated carbocycles. The molecule has 3 rings (SSSR count). The number of aryl methyl sites for hydroxylation is 1. The summed E-state index contributed by atoms with van der Waals surface area (Å²) in [6.45, 7) is 3.09. The first-order valence-corrected chi connectivity index (χ1v) is 11.5. The van der Waals surface area contributed by atoms with E-state index in [0.29, 0.717) is 36.1 Å². The first-order valence-electron chi connectivity index (χ1n) is 9.00. The van der Waals surface area contributed by atoms with E-state index in [1.807, 2.05) is 0 Å². The Hall–Kier alpha value is -2.02. The summed E-state index contributed by atoms with van der Waals surface area (Å²) in [4.78, 5) is 16.4. The van der Waals surface area contributed by atoms with Crippen LogP contribution < -0.4 is 10.5 Å². The van der Waals surface area contributed by atoms with E-state index in [4.69, 9.17) is 5.14 Å². The third-order valence-electron chi connectivity index (χ3n) is 4.52. The fourth-order valence-electron chi connectivity index (χ4n) is 3.11. The molecule has 0 fully saturated rings. The molecule has 2 amide bonds. The van der Waals surface area contributed by atoms with Gasteiger partial charge in [0.2, 0.25) is 0 Å². The molecule has 1 aliphatic rings. The van der Waals surface area contributed by atoms with Gasteiger partial charge in [0.05, 0.1) is 17.7 Å². The zero-order valence-electron chi connectivity index (χ0n) is 16.2. The number of hydrogen-bond acceptors (Lipinski definition) is 5. The number of hydrogen-bond donors (Lipinski definition) is 3. The number of halogens is 3. The number of rotatable bonds is 4. The highest BCUT2D eigenvalue weighted by atomic mass is 32.2. The Kier molecular flexibility index (Phi) is 5.98. The molecule has 1 aliphatic carbocycles. The van der Waals surface area contributed by atoms with Crippen molar-refractivity contribution >= 4 is 33.0 Å². The number of anilines is 1. The summed E-state index contributed by atoms with van der Waals surface area (Å²) in [6.07, 6.45) is -3.87. The van der Waals surface area contributed by atoms with Crippen molar-refractivity contribution in [2.75, 3.05) is 5.32 Å². The lowest BCUT2D eigenvalue weighted by atomic mass is 10.0. The maximum Gasteiger partial charge on any atom is 0.394 e. The molecule has 0 spiro atoms. The lowest BCUT2D eigenvalue weighted by Gasteiger charge is -2.14. The second-order valence-corrected chi connectivity index (χ2v) is 10.5. The van der Waals surface area contributed by atoms with E-state index < -0.39 is 34.1 Å². The van der Waals surface area contributed by atoms with E-state index in [0.717, 1.165) is 11.3 Å². The molecule has 0 bridgehead atoms. The van der Waals surface area contributed by atoms with Crippen LogP contribution in [-0.2, 0) is 34.8 Å². The van der Waals surface area contributed by atoms with Crippen LogP contribution >= 0.6 is 11.3 Å². The van der Waals surface area contributed by atoms with Crippen molar-refractivity contribution in [1.82, 2.24) is 4.98 Å². The van der Waals surface area contributed by atoms with Crippen LogP contribution in [0, 0.1) is 0 Å². The monoisotopic (exact) mass is 462 g/mol. The summed E-state index contributed by atoms with van der Waals surface area (Å²) in [5.74, 6) is 0. The number of urea groups is 1. The molecule has 12 heteroatoms. The molecule has 0 aliphatic heterocycles. The summed E-state index contributed by atoms with van der Waals surface area (Å²) >= 11 is 0.991. The smallest absolute Gasteiger partial charge is 0.386 e. The Bertz CT molecular complexity index is 1100. The van der Waals surface area contributed by atoms with Gasteiger partial charge in [0.15, 0.2) is 9.92 Å². The van der Waals surface area contributed by atoms with Crippen molar-refractivity contribution in [3.05, 3.63) is 40.0 Å². The molecule has 2 aromatic rings. The van der Waals surface area contributed by atoms with Gasteiger partial charge in [-0.3, -0.25) is 4.98 Å². The number of amides is 2. The van der Waals surface area contributed by atoms with E-state index in [1.54, 1.807) is 19.2 Å². The van der Waals surface area contributed by atoms with E-state index in [2.05, 4.69) is 14.7 Å². The third kappa shape index (κ3) is 5.36. The second kappa shape index (κ2) is 7.91. The number of alkyl halides is 3. The molecule has 30 heavy (non-hydrogen) atoms. The summed E-state index contributed by atoms with van der Waals surface area (Å²) in [5, 5.41) is 19.7. The minimum absolute atomic E-state index is 0.104. The number of nitrogens with two attached hydrogens (primary N) is 1. The molecule has 0 radical (unpaired) electrons. The third-order valence-corrected chi connectivity index (χ3v) is 7.37. The molecular formula is C18H21F3N4O3S2. The van der Waals surface area contributed by atoms with Gasteiger partial charge in [0.1, 0.15) is 4.21 Å². The highest BCUT2D eigenvalue weighted by Gasteiger charge is 2.30. The number of aliphatic hydroxyl groups is 1. The summed E-state index contributed by atoms with van der Waals surface area (Å²) in [7, 11) is -3.60. The normalized spacial score (nSPS) is 16.1. The molecule has 2 heterocycles. The van der Waals surface area contributed by atoms with E-state index >= 15 is 0 Å². The highest BCUT2D eigenvalue weighted by Crippen LogP contribution is 2.31. The van der Waals surface area contributed by atoms with Crippen LogP contribution in [0.3, 0.4) is 0 Å². The van der Waals surface area contributed by atoms with Crippen LogP contribution in [0.25, 0.3) is 0 Å². The number of carbonyl (C=O) groups is 1. The van der Waals surface area contributed by atoms with Crippen molar-refractivity contribution in [3.63, 3.8) is 0 Å². The Morgan fingerprint density at radius 3 is 2.67 bits per heavy atom. The predicted octanol–water partition coefficient (Wildman–Crippen LogP) is 3.90. The minimum atomic E-state index is -4.44. The highest BCUT2D eigenvalue weighted by molar-refractivity contribution is 7.93. The molecule has 4 N–H and O–H groups in total. The van der Waals surface area contributed by atoms with Crippen LogP contribution in [0.4, 0.5) is 23.7 Å². The number of carbonyl (C=O) groups excluding carboxylic acids is 1. The summed E-state index contributed by atoms with van der Waals surface area (Å²) in [5.41, 5.74) is 0.407. The number of nitrogens with zero attached hydrogens (tertiary/aromatic N) is 2. The largest absolute Gasteiger partial charge is 0.394 e. The van der Waals surface area contributed by atoms with Gasteiger partial charge in [0.25, 0.3) is 0 Å². The number of nitrogens with one attached hydrogen (secondary N) is 1. The first-order chi connectivity index (χ1) is 13.7. The average molecular weight is 463 g/mol. The van der Waals surface area contributed by atoms with Crippen LogP contribution in [-0.4, -0.2) is 26.5 Å². The molecular weight excluding hydrogens is 441 g/mol. The quantitative estimate of drug-likeness (QED) is 0.639. The van der Waals surface area contributed by atoms with Gasteiger partial charge in [-0.25, -0.2) is 14.1 Å². The molecule has 164 valence electrons. The fourth-order valence-corrected chi connectivity index (χ4v) is 5.39. The molecule has 7 nitrogen and oxygen atoms in total. The zero-order valence-corrected chi connectivity index (χ0v) is 17.9. The van der Waals surface area contributed by atoms with E-state index in [9.17, 15) is 27.3 Å². The van der Waals surface area contributed by atoms with Crippen molar-refractivity contribution in [3.8, 4) is 0 Å². The van der Waals surface area contributed by atoms with Gasteiger partial charge in [-0.15, -0.1) is 15.7 Å². The summed E-state index contributed by atoms with van der Waals surface area (Å²) < 4.78 is 54.7. The van der Waals surface area contributed by atoms with E-state index in [-0.39, 0.29) is 15.6 Å². The standard InChI is InChI=1S/C18H21F3N4O3S2/c1-17(2,27)10-6-15(29-9-10)30(22,28)25-16(26)24-14-7-11(8-18(19,20)21)23-13-5-3-4-12(13)14/h6-7,9,27H,3-5,8H2,1-2H3,(H3,22,23,24,25,26,28).